The van der Waals surface area contributed by atoms with E-state index in [1.165, 1.54) is 11.0 Å². The van der Waals surface area contributed by atoms with E-state index in [-0.39, 0.29) is 37.4 Å². The van der Waals surface area contributed by atoms with Crippen molar-refractivity contribution in [2.45, 2.75) is 125 Å². The van der Waals surface area contributed by atoms with Crippen LogP contribution in [-0.2, 0) is 35.6 Å². The quantitative estimate of drug-likeness (QED) is 0.295. The molecule has 326 valence electrons. The first kappa shape index (κ1) is 42.1. The molecule has 6 aliphatic rings. The Morgan fingerprint density at radius 1 is 1.05 bits per heavy atom. The van der Waals surface area contributed by atoms with E-state index in [1.807, 2.05) is 19.1 Å². The predicted octanol–water partition coefficient (Wildman–Crippen LogP) is 3.75. The van der Waals surface area contributed by atoms with E-state index in [0.29, 0.717) is 80.3 Å². The Labute approximate surface area is 351 Å². The molecule has 6 bridgehead atoms. The second-order valence-electron chi connectivity index (χ2n) is 17.2. The summed E-state index contributed by atoms with van der Waals surface area (Å²) in [5.74, 6) is -1.07. The molecule has 8 rings (SSSR count). The van der Waals surface area contributed by atoms with Crippen molar-refractivity contribution >= 4 is 44.7 Å². The van der Waals surface area contributed by atoms with Gasteiger partial charge in [-0.3, -0.25) is 19.1 Å². The van der Waals surface area contributed by atoms with Gasteiger partial charge in [0.05, 0.1) is 37.1 Å². The van der Waals surface area contributed by atoms with E-state index in [0.717, 1.165) is 50.5 Å². The Hall–Kier alpha value is -4.64. The van der Waals surface area contributed by atoms with Crippen LogP contribution in [0.1, 0.15) is 89.5 Å². The number of hydrogen-bond donors (Lipinski definition) is 3. The molecule has 16 nitrogen and oxygen atoms in total. The largest absolute Gasteiger partial charge is 0.496 e. The molecule has 1 unspecified atom stereocenters. The lowest BCUT2D eigenvalue weighted by atomic mass is 9.83. The van der Waals surface area contributed by atoms with Crippen molar-refractivity contribution in [2.75, 3.05) is 40.0 Å². The van der Waals surface area contributed by atoms with Crippen molar-refractivity contribution in [3.05, 3.63) is 36.4 Å². The Morgan fingerprint density at radius 3 is 2.57 bits per heavy atom. The molecule has 4 heterocycles. The third kappa shape index (κ3) is 8.74. The van der Waals surface area contributed by atoms with Crippen LogP contribution in [-0.4, -0.2) is 122 Å². The smallest absolute Gasteiger partial charge is 0.318 e. The monoisotopic (exact) mass is 850 g/mol. The number of carbonyl (C=O) groups excluding carboxylic acids is 4. The van der Waals surface area contributed by atoms with Crippen LogP contribution in [0.15, 0.2) is 30.9 Å². The number of rotatable bonds is 10. The van der Waals surface area contributed by atoms with Crippen molar-refractivity contribution in [3.8, 4) is 17.4 Å². The summed E-state index contributed by atoms with van der Waals surface area (Å²) in [6.45, 7) is 7.46. The van der Waals surface area contributed by atoms with Gasteiger partial charge in [-0.05, 0) is 82.3 Å². The number of urea groups is 1. The molecule has 3 aliphatic carbocycles. The van der Waals surface area contributed by atoms with Crippen LogP contribution >= 0.6 is 0 Å². The third-order valence-electron chi connectivity index (χ3n) is 13.1. The maximum Gasteiger partial charge on any atom is 0.318 e. The molecule has 5 amide bonds. The number of fused-ring (bicyclic) bond motifs is 5. The fourth-order valence-electron chi connectivity index (χ4n) is 9.55. The second-order valence-corrected chi connectivity index (χ2v) is 19.2. The lowest BCUT2D eigenvalue weighted by molar-refractivity contribution is -0.142. The van der Waals surface area contributed by atoms with Gasteiger partial charge in [-0.2, -0.15) is 0 Å². The maximum absolute atomic E-state index is 15.1. The lowest BCUT2D eigenvalue weighted by Gasteiger charge is -2.37. The van der Waals surface area contributed by atoms with Gasteiger partial charge >= 0.3 is 6.03 Å². The van der Waals surface area contributed by atoms with Crippen LogP contribution in [0, 0.1) is 11.8 Å². The van der Waals surface area contributed by atoms with Crippen molar-refractivity contribution in [3.63, 3.8) is 0 Å². The summed E-state index contributed by atoms with van der Waals surface area (Å²) in [7, 11) is -2.30. The zero-order valence-corrected chi connectivity index (χ0v) is 35.4. The van der Waals surface area contributed by atoms with E-state index in [9.17, 15) is 22.8 Å². The summed E-state index contributed by atoms with van der Waals surface area (Å²) in [6, 6.07) is 3.18. The number of aromatic nitrogens is 1. The van der Waals surface area contributed by atoms with Gasteiger partial charge in [0, 0.05) is 49.6 Å². The van der Waals surface area contributed by atoms with Gasteiger partial charge in [-0.15, -0.1) is 6.58 Å². The van der Waals surface area contributed by atoms with E-state index in [1.54, 1.807) is 18.1 Å². The molecule has 3 N–H and O–H groups in total. The van der Waals surface area contributed by atoms with E-state index in [4.69, 9.17) is 23.9 Å². The molecule has 60 heavy (non-hydrogen) atoms. The standard InChI is InChI=1S/C43H58N6O10S/c1-4-28-23-43(28,41(52)47-60(54,55)31-15-16-31)46-39(50)34-20-30-25-49(34)40(51)38(26-11-7-6-8-12-26)45-42(53)48-17-9-14-29(24-48)58-18-10-13-27-19-32-33(21-35(27)56-3)44-37(57-5-2)22-36(32)59-30/h4,19,21-22,26,28-31,34,38H,1,5-18,20,23-25H2,2-3H3,(H,45,53)(H,46,50)(H,47,52)/t28?,29-,30-,34+,38+,43-/m1/s1. The molecule has 1 aromatic carbocycles. The summed E-state index contributed by atoms with van der Waals surface area (Å²) in [4.78, 5) is 65.6. The van der Waals surface area contributed by atoms with Crippen LogP contribution in [0.5, 0.6) is 17.4 Å². The van der Waals surface area contributed by atoms with Crippen LogP contribution in [0.3, 0.4) is 0 Å². The highest BCUT2D eigenvalue weighted by Crippen LogP contribution is 2.46. The molecule has 2 saturated heterocycles. The van der Waals surface area contributed by atoms with Gasteiger partial charge in [0.15, 0.2) is 0 Å². The first-order valence-corrected chi connectivity index (χ1v) is 23.3. The van der Waals surface area contributed by atoms with Gasteiger partial charge in [0.2, 0.25) is 27.7 Å². The topological polar surface area (TPSA) is 195 Å². The number of ether oxygens (including phenoxy) is 4. The average Bonchev–Trinajstić information content (AvgIpc) is 4.18. The Kier molecular flexibility index (Phi) is 12.2. The van der Waals surface area contributed by atoms with E-state index < -0.39 is 62.6 Å². The molecular weight excluding hydrogens is 793 g/mol. The number of nitrogens with one attached hydrogen (secondary N) is 3. The molecule has 1 aromatic heterocycles. The number of sulfonamides is 1. The third-order valence-corrected chi connectivity index (χ3v) is 14.9. The molecule has 6 atom stereocenters. The molecule has 0 spiro atoms. The fraction of sp³-hybridized carbons (Fsp3) is 0.651. The second kappa shape index (κ2) is 17.4. The zero-order valence-electron chi connectivity index (χ0n) is 34.6. The molecule has 0 radical (unpaired) electrons. The van der Waals surface area contributed by atoms with Crippen molar-refractivity contribution in [1.82, 2.24) is 30.1 Å². The maximum atomic E-state index is 15.1. The van der Waals surface area contributed by atoms with Crippen molar-refractivity contribution < 1.29 is 46.5 Å². The van der Waals surface area contributed by atoms with Crippen molar-refractivity contribution in [1.29, 1.82) is 0 Å². The summed E-state index contributed by atoms with van der Waals surface area (Å²) in [5, 5.41) is 6.07. The number of hydrogen-bond acceptors (Lipinski definition) is 11. The van der Waals surface area contributed by atoms with Gasteiger partial charge < -0.3 is 39.4 Å². The SMILES string of the molecule is C=CC1C[C@]1(NC(=O)[C@@H]1C[C@@H]2CN1C(=O)[C@H](C1CCCCC1)NC(=O)N1CCC[C@H](C1)OCCCc1cc3c(cc(OCC)nc3cc1OC)O2)C(=O)NS(=O)(=O)C1CC1. The van der Waals surface area contributed by atoms with Gasteiger partial charge in [-0.25, -0.2) is 18.2 Å². The number of nitrogens with zero attached hydrogens (tertiary/aromatic N) is 3. The Morgan fingerprint density at radius 2 is 1.85 bits per heavy atom. The van der Waals surface area contributed by atoms with Crippen LogP contribution in [0.4, 0.5) is 4.79 Å². The minimum Gasteiger partial charge on any atom is -0.496 e. The zero-order chi connectivity index (χ0) is 42.2. The molecular formula is C43H58N6O10S. The summed E-state index contributed by atoms with van der Waals surface area (Å²) in [5.41, 5.74) is -0.0391. The van der Waals surface area contributed by atoms with Crippen LogP contribution < -0.4 is 29.6 Å². The highest BCUT2D eigenvalue weighted by molar-refractivity contribution is 7.91. The first-order valence-electron chi connectivity index (χ1n) is 21.7. The predicted molar refractivity (Wildman–Crippen MR) is 221 cm³/mol. The van der Waals surface area contributed by atoms with E-state index in [2.05, 4.69) is 21.9 Å². The van der Waals surface area contributed by atoms with Gasteiger partial charge in [0.1, 0.15) is 35.2 Å². The Balaban J connectivity index is 1.17. The number of carbonyl (C=O) groups is 4. The van der Waals surface area contributed by atoms with Crippen LogP contribution in [0.2, 0.25) is 0 Å². The van der Waals surface area contributed by atoms with Gasteiger partial charge in [-0.1, -0.05) is 25.3 Å². The molecule has 3 saturated carbocycles. The first-order chi connectivity index (χ1) is 28.9. The number of amides is 5. The molecule has 5 fully saturated rings. The number of aryl methyl sites for hydroxylation is 1. The summed E-state index contributed by atoms with van der Waals surface area (Å²) in [6.07, 6.45) is 9.06. The molecule has 2 aromatic rings. The normalized spacial score (nSPS) is 29.1. The fourth-order valence-corrected chi connectivity index (χ4v) is 10.9. The van der Waals surface area contributed by atoms with Crippen molar-refractivity contribution in [2.24, 2.45) is 11.8 Å². The highest BCUT2D eigenvalue weighted by Gasteiger charge is 2.62. The number of piperidine rings is 1. The number of pyridine rings is 1. The summed E-state index contributed by atoms with van der Waals surface area (Å²) >= 11 is 0. The average molecular weight is 851 g/mol. The minimum atomic E-state index is -3.91. The molecule has 17 heteroatoms. The van der Waals surface area contributed by atoms with E-state index >= 15 is 4.79 Å². The lowest BCUT2D eigenvalue weighted by Crippen LogP contribution is -2.60. The highest BCUT2D eigenvalue weighted by atomic mass is 32.2. The number of benzene rings is 1. The number of methoxy groups -OCH3 is 1. The summed E-state index contributed by atoms with van der Waals surface area (Å²) < 4.78 is 52.7. The molecule has 3 aliphatic heterocycles. The van der Waals surface area contributed by atoms with Crippen LogP contribution in [0.25, 0.3) is 10.9 Å². The minimum absolute atomic E-state index is 0.00653. The van der Waals surface area contributed by atoms with Gasteiger partial charge in [0.25, 0.3) is 5.91 Å². The Bertz CT molecular complexity index is 2110.